The zero-order chi connectivity index (χ0) is 26.5. The molecule has 1 aliphatic heterocycles. The molecular formula is C27H51NO6S2. The molecule has 2 unspecified atom stereocenters. The van der Waals surface area contributed by atoms with Crippen LogP contribution in [0.15, 0.2) is 10.8 Å². The molecule has 2 heterocycles. The Hall–Kier alpha value is -0.870. The molecule has 0 bridgehead atoms. The number of rotatable bonds is 20. The first-order valence-electron chi connectivity index (χ1n) is 14.0. The summed E-state index contributed by atoms with van der Waals surface area (Å²) in [5.41, 5.74) is 0. The number of nitrogens with one attached hydrogen (secondary N) is 1. The van der Waals surface area contributed by atoms with Crippen LogP contribution in [0.3, 0.4) is 0 Å². The Balaban J connectivity index is 0.000000363. The molecule has 1 aliphatic rings. The van der Waals surface area contributed by atoms with Gasteiger partial charge in [-0.15, -0.1) is 11.3 Å². The molecule has 2 N–H and O–H groups in total. The largest absolute Gasteiger partial charge is 0.485 e. The third kappa shape index (κ3) is 16.8. The summed E-state index contributed by atoms with van der Waals surface area (Å²) >= 11 is 1.51. The lowest BCUT2D eigenvalue weighted by molar-refractivity contribution is 0.00880. The van der Waals surface area contributed by atoms with Gasteiger partial charge in [0, 0.05) is 17.4 Å². The molecule has 0 radical (unpaired) electrons. The van der Waals surface area contributed by atoms with Crippen molar-refractivity contribution in [3.8, 4) is 11.5 Å². The van der Waals surface area contributed by atoms with Crippen LogP contribution in [0.25, 0.3) is 0 Å². The Morgan fingerprint density at radius 1 is 0.972 bits per heavy atom. The molecule has 1 aromatic heterocycles. The molecule has 7 nitrogen and oxygen atoms in total. The summed E-state index contributed by atoms with van der Waals surface area (Å²) in [5.74, 6) is 1.47. The van der Waals surface area contributed by atoms with Crippen molar-refractivity contribution < 1.29 is 27.2 Å². The molecule has 0 saturated heterocycles. The molecule has 0 aromatic carbocycles. The molecule has 36 heavy (non-hydrogen) atoms. The van der Waals surface area contributed by atoms with Crippen LogP contribution in [0, 0.1) is 0 Å². The first kappa shape index (κ1) is 33.2. The number of fused-ring (bicyclic) bond motifs is 1. The zero-order valence-corrected chi connectivity index (χ0v) is 24.5. The second kappa shape index (κ2) is 21.1. The summed E-state index contributed by atoms with van der Waals surface area (Å²) in [7, 11) is -3.98. The van der Waals surface area contributed by atoms with Crippen molar-refractivity contribution >= 4 is 21.5 Å². The van der Waals surface area contributed by atoms with E-state index in [1.165, 1.54) is 108 Å². The van der Waals surface area contributed by atoms with E-state index in [1.807, 2.05) is 10.8 Å². The van der Waals surface area contributed by atoms with Crippen LogP contribution in [0.5, 0.6) is 11.5 Å². The predicted molar refractivity (Wildman–Crippen MR) is 150 cm³/mol. The quantitative estimate of drug-likeness (QED) is 0.135. The summed E-state index contributed by atoms with van der Waals surface area (Å²) in [5, 5.41) is 6.49. The number of hydrogen-bond donors (Lipinski definition) is 2. The highest BCUT2D eigenvalue weighted by atomic mass is 32.2. The fourth-order valence-corrected chi connectivity index (χ4v) is 4.81. The van der Waals surface area contributed by atoms with E-state index in [1.54, 1.807) is 0 Å². The van der Waals surface area contributed by atoms with E-state index in [0.29, 0.717) is 13.2 Å². The summed E-state index contributed by atoms with van der Waals surface area (Å²) < 4.78 is 46.8. The normalized spacial score (nSPS) is 15.8. The summed E-state index contributed by atoms with van der Waals surface area (Å²) in [6.45, 7) is 9.46. The first-order valence-corrected chi connectivity index (χ1v) is 16.4. The third-order valence-corrected chi connectivity index (χ3v) is 8.16. The van der Waals surface area contributed by atoms with Gasteiger partial charge in [-0.05, 0) is 39.3 Å². The third-order valence-electron chi connectivity index (χ3n) is 6.21. The van der Waals surface area contributed by atoms with Crippen LogP contribution >= 0.6 is 11.3 Å². The van der Waals surface area contributed by atoms with Crippen molar-refractivity contribution in [1.82, 2.24) is 5.32 Å². The number of ether oxygens (including phenoxy) is 3. The molecular weight excluding hydrogens is 498 g/mol. The lowest BCUT2D eigenvalue weighted by Crippen LogP contribution is -2.33. The standard InChI is InChI=1S/C16H35N.C11H16O6S2/c1-3-5-7-9-11-13-15-17-16-14-12-10-8-6-4-2;1-8(19(12,13)14)2-3-15-4-9-5-16-10-6-18-7-11(10)17-9/h17H,3-16H2,1-2H3;6-9H,2-5H2,1H3,(H,12,13,14). The van der Waals surface area contributed by atoms with Gasteiger partial charge >= 0.3 is 0 Å². The lowest BCUT2D eigenvalue weighted by atomic mass is 10.1. The van der Waals surface area contributed by atoms with Gasteiger partial charge in [0.25, 0.3) is 10.1 Å². The van der Waals surface area contributed by atoms with Gasteiger partial charge in [-0.25, -0.2) is 0 Å². The highest BCUT2D eigenvalue weighted by Gasteiger charge is 2.22. The number of thiophene rings is 1. The fraction of sp³-hybridized carbons (Fsp3) is 0.852. The van der Waals surface area contributed by atoms with Crippen LogP contribution in [0.4, 0.5) is 0 Å². The maximum Gasteiger partial charge on any atom is 0.267 e. The maximum atomic E-state index is 10.8. The monoisotopic (exact) mass is 549 g/mol. The van der Waals surface area contributed by atoms with Crippen LogP contribution < -0.4 is 14.8 Å². The van der Waals surface area contributed by atoms with Gasteiger partial charge in [0.05, 0.1) is 11.9 Å². The van der Waals surface area contributed by atoms with Gasteiger partial charge in [0.2, 0.25) is 0 Å². The van der Waals surface area contributed by atoms with E-state index in [-0.39, 0.29) is 19.1 Å². The van der Waals surface area contributed by atoms with Gasteiger partial charge < -0.3 is 19.5 Å². The van der Waals surface area contributed by atoms with Gasteiger partial charge in [-0.3, -0.25) is 4.55 Å². The Labute approximate surface area is 224 Å². The molecule has 1 aromatic rings. The Kier molecular flexibility index (Phi) is 19.4. The summed E-state index contributed by atoms with van der Waals surface area (Å²) in [6, 6.07) is 0. The van der Waals surface area contributed by atoms with Crippen molar-refractivity contribution in [2.75, 3.05) is 32.9 Å². The van der Waals surface area contributed by atoms with Gasteiger partial charge in [-0.1, -0.05) is 78.1 Å². The highest BCUT2D eigenvalue weighted by Crippen LogP contribution is 2.35. The van der Waals surface area contributed by atoms with Crippen molar-refractivity contribution in [3.63, 3.8) is 0 Å². The van der Waals surface area contributed by atoms with Gasteiger partial charge in [-0.2, -0.15) is 8.42 Å². The van der Waals surface area contributed by atoms with Crippen LogP contribution in [-0.4, -0.2) is 57.2 Å². The minimum absolute atomic E-state index is 0.192. The first-order chi connectivity index (χ1) is 17.4. The SMILES string of the molecule is CC(CCOCC1COc2cscc2O1)S(=O)(=O)O.CCCCCCCCNCCCCCCCC. The molecule has 0 spiro atoms. The number of unbranched alkanes of at least 4 members (excludes halogenated alkanes) is 10. The van der Waals surface area contributed by atoms with E-state index < -0.39 is 15.4 Å². The molecule has 0 fully saturated rings. The average Bonchev–Trinajstić information content (AvgIpc) is 3.32. The van der Waals surface area contributed by atoms with Gasteiger partial charge in [0.15, 0.2) is 17.6 Å². The van der Waals surface area contributed by atoms with E-state index >= 15 is 0 Å². The summed E-state index contributed by atoms with van der Waals surface area (Å²) in [4.78, 5) is 0. The van der Waals surface area contributed by atoms with Crippen LogP contribution in [-0.2, 0) is 14.9 Å². The Morgan fingerprint density at radius 3 is 2.11 bits per heavy atom. The highest BCUT2D eigenvalue weighted by molar-refractivity contribution is 7.86. The van der Waals surface area contributed by atoms with E-state index in [0.717, 1.165) is 11.5 Å². The molecule has 0 amide bonds. The molecule has 212 valence electrons. The summed E-state index contributed by atoms with van der Waals surface area (Å²) in [6.07, 6.45) is 17.0. The molecule has 2 atom stereocenters. The average molecular weight is 550 g/mol. The number of hydrogen-bond acceptors (Lipinski definition) is 7. The van der Waals surface area contributed by atoms with Gasteiger partial charge in [0.1, 0.15) is 6.61 Å². The lowest BCUT2D eigenvalue weighted by Gasteiger charge is -2.24. The maximum absolute atomic E-state index is 10.8. The minimum Gasteiger partial charge on any atom is -0.485 e. The fourth-order valence-electron chi connectivity index (χ4n) is 3.74. The van der Waals surface area contributed by atoms with Crippen molar-refractivity contribution in [1.29, 1.82) is 0 Å². The molecule has 0 saturated carbocycles. The smallest absolute Gasteiger partial charge is 0.267 e. The predicted octanol–water partition coefficient (Wildman–Crippen LogP) is 6.87. The minimum atomic E-state index is -3.98. The zero-order valence-electron chi connectivity index (χ0n) is 22.8. The van der Waals surface area contributed by atoms with Crippen molar-refractivity contribution in [2.24, 2.45) is 0 Å². The van der Waals surface area contributed by atoms with Crippen molar-refractivity contribution in [3.05, 3.63) is 10.8 Å². The molecule has 0 aliphatic carbocycles. The van der Waals surface area contributed by atoms with E-state index in [4.69, 9.17) is 18.8 Å². The Morgan fingerprint density at radius 2 is 1.53 bits per heavy atom. The molecule has 9 heteroatoms. The Bertz CT molecular complexity index is 726. The molecule has 2 rings (SSSR count). The topological polar surface area (TPSA) is 94.1 Å². The second-order valence-electron chi connectivity index (χ2n) is 9.63. The second-order valence-corrected chi connectivity index (χ2v) is 12.2. The van der Waals surface area contributed by atoms with Crippen LogP contribution in [0.2, 0.25) is 0 Å². The van der Waals surface area contributed by atoms with E-state index in [2.05, 4.69) is 19.2 Å². The van der Waals surface area contributed by atoms with Crippen LogP contribution in [0.1, 0.15) is 104 Å². The van der Waals surface area contributed by atoms with E-state index in [9.17, 15) is 8.42 Å². The van der Waals surface area contributed by atoms with Crippen molar-refractivity contribution in [2.45, 2.75) is 116 Å².